The fourth-order valence-electron chi connectivity index (χ4n) is 0.275. The minimum absolute atomic E-state index is 0.255. The predicted molar refractivity (Wildman–Crippen MR) is 58.2 cm³/mol. The lowest BCUT2D eigenvalue weighted by atomic mass is 10.4. The largest absolute Gasteiger partial charge is 0.518 e. The lowest BCUT2D eigenvalue weighted by molar-refractivity contribution is -0.116. The van der Waals surface area contributed by atoms with Crippen molar-refractivity contribution in [2.75, 3.05) is 0 Å². The summed E-state index contributed by atoms with van der Waals surface area (Å²) in [5.41, 5.74) is 0. The molecule has 0 aromatic heterocycles. The SMILES string of the molecule is CC=COC(=O)OC=CC.CCC(C)=O. The van der Waals surface area contributed by atoms with Crippen LogP contribution in [0.1, 0.15) is 34.1 Å². The molecule has 0 fully saturated rings. The third kappa shape index (κ3) is 19.0. The zero-order valence-electron chi connectivity index (χ0n) is 9.65. The van der Waals surface area contributed by atoms with Crippen LogP contribution in [-0.4, -0.2) is 11.9 Å². The number of ether oxygens (including phenoxy) is 2. The standard InChI is InChI=1S/C7H10O3.C4H8O/c1-3-5-9-7(8)10-6-4-2;1-3-4(2)5/h3-6H,1-2H3;3H2,1-2H3. The van der Waals surface area contributed by atoms with Crippen LogP contribution in [0, 0.1) is 0 Å². The smallest absolute Gasteiger partial charge is 0.403 e. The van der Waals surface area contributed by atoms with Crippen molar-refractivity contribution < 1.29 is 19.1 Å². The molecule has 0 rings (SSSR count). The van der Waals surface area contributed by atoms with Crippen LogP contribution >= 0.6 is 0 Å². The molecule has 0 spiro atoms. The summed E-state index contributed by atoms with van der Waals surface area (Å²) in [6.45, 7) is 6.91. The van der Waals surface area contributed by atoms with Crippen LogP contribution in [0.5, 0.6) is 0 Å². The summed E-state index contributed by atoms with van der Waals surface area (Å²) in [5, 5.41) is 0. The van der Waals surface area contributed by atoms with Gasteiger partial charge in [-0.25, -0.2) is 4.79 Å². The highest BCUT2D eigenvalue weighted by atomic mass is 16.7. The maximum atomic E-state index is 10.4. The quantitative estimate of drug-likeness (QED) is 0.534. The van der Waals surface area contributed by atoms with Gasteiger partial charge in [-0.1, -0.05) is 19.1 Å². The van der Waals surface area contributed by atoms with Gasteiger partial charge < -0.3 is 14.3 Å². The van der Waals surface area contributed by atoms with E-state index in [1.807, 2.05) is 6.92 Å². The molecule has 0 aliphatic carbocycles. The van der Waals surface area contributed by atoms with Crippen molar-refractivity contribution in [1.29, 1.82) is 0 Å². The molecule has 4 heteroatoms. The van der Waals surface area contributed by atoms with Gasteiger partial charge in [-0.2, -0.15) is 0 Å². The summed E-state index contributed by atoms with van der Waals surface area (Å²) in [6, 6.07) is 0. The van der Waals surface area contributed by atoms with E-state index >= 15 is 0 Å². The number of rotatable bonds is 3. The minimum atomic E-state index is -0.726. The van der Waals surface area contributed by atoms with E-state index in [1.165, 1.54) is 12.5 Å². The molecule has 0 saturated heterocycles. The average Bonchev–Trinajstić information content (AvgIpc) is 2.24. The second-order valence-corrected chi connectivity index (χ2v) is 2.48. The number of carbonyl (C=O) groups excluding carboxylic acids is 2. The topological polar surface area (TPSA) is 52.6 Å². The van der Waals surface area contributed by atoms with Crippen LogP contribution in [0.2, 0.25) is 0 Å². The lowest BCUT2D eigenvalue weighted by Crippen LogP contribution is -1.97. The highest BCUT2D eigenvalue weighted by Gasteiger charge is 1.94. The Morgan fingerprint density at radius 3 is 1.60 bits per heavy atom. The van der Waals surface area contributed by atoms with Crippen molar-refractivity contribution in [3.63, 3.8) is 0 Å². The Morgan fingerprint density at radius 2 is 1.40 bits per heavy atom. The van der Waals surface area contributed by atoms with Crippen LogP contribution < -0.4 is 0 Å². The van der Waals surface area contributed by atoms with Crippen LogP contribution in [0.4, 0.5) is 4.79 Å². The molecular formula is C11H18O4. The first-order valence-corrected chi connectivity index (χ1v) is 4.67. The molecule has 0 saturated carbocycles. The molecule has 0 aromatic carbocycles. The van der Waals surface area contributed by atoms with E-state index in [0.717, 1.165) is 0 Å². The van der Waals surface area contributed by atoms with Gasteiger partial charge >= 0.3 is 6.16 Å². The van der Waals surface area contributed by atoms with Crippen LogP contribution in [0.15, 0.2) is 24.7 Å². The summed E-state index contributed by atoms with van der Waals surface area (Å²) < 4.78 is 8.80. The molecule has 0 aliphatic rings. The van der Waals surface area contributed by atoms with E-state index in [2.05, 4.69) is 9.47 Å². The van der Waals surface area contributed by atoms with Crippen molar-refractivity contribution in [1.82, 2.24) is 0 Å². The second-order valence-electron chi connectivity index (χ2n) is 2.48. The first-order valence-electron chi connectivity index (χ1n) is 4.67. The number of hydrogen-bond donors (Lipinski definition) is 0. The third-order valence-corrected chi connectivity index (χ3v) is 1.10. The summed E-state index contributed by atoms with van der Waals surface area (Å²) >= 11 is 0. The van der Waals surface area contributed by atoms with E-state index in [-0.39, 0.29) is 5.78 Å². The number of hydrogen-bond acceptors (Lipinski definition) is 4. The molecule has 86 valence electrons. The molecule has 0 N–H and O–H groups in total. The van der Waals surface area contributed by atoms with Gasteiger partial charge in [0, 0.05) is 6.42 Å². The first-order chi connectivity index (χ1) is 7.08. The maximum absolute atomic E-state index is 10.4. The van der Waals surface area contributed by atoms with Crippen LogP contribution in [-0.2, 0) is 14.3 Å². The van der Waals surface area contributed by atoms with Gasteiger partial charge in [0.1, 0.15) is 5.78 Å². The van der Waals surface area contributed by atoms with E-state index < -0.39 is 6.16 Å². The number of carbonyl (C=O) groups is 2. The summed E-state index contributed by atoms with van der Waals surface area (Å²) in [6.07, 6.45) is 5.64. The summed E-state index contributed by atoms with van der Waals surface area (Å²) in [4.78, 5) is 20.2. The van der Waals surface area contributed by atoms with Gasteiger partial charge in [0.25, 0.3) is 0 Å². The Hall–Kier alpha value is -1.58. The molecule has 0 unspecified atom stereocenters. The third-order valence-electron chi connectivity index (χ3n) is 1.10. The number of Topliss-reactive ketones (excluding diaryl/α,β-unsaturated/α-hetero) is 1. The van der Waals surface area contributed by atoms with Crippen LogP contribution in [0.25, 0.3) is 0 Å². The molecule has 0 heterocycles. The van der Waals surface area contributed by atoms with Crippen molar-refractivity contribution in [2.24, 2.45) is 0 Å². The van der Waals surface area contributed by atoms with Gasteiger partial charge in [-0.3, -0.25) is 0 Å². The fourth-order valence-corrected chi connectivity index (χ4v) is 0.275. The molecule has 0 bridgehead atoms. The Bertz CT molecular complexity index is 213. The molecule has 0 amide bonds. The second kappa shape index (κ2) is 12.4. The Morgan fingerprint density at radius 1 is 1.07 bits per heavy atom. The van der Waals surface area contributed by atoms with Crippen molar-refractivity contribution in [2.45, 2.75) is 34.1 Å². The van der Waals surface area contributed by atoms with Gasteiger partial charge in [-0.05, 0) is 20.8 Å². The zero-order valence-corrected chi connectivity index (χ0v) is 9.65. The molecule has 15 heavy (non-hydrogen) atoms. The first kappa shape index (κ1) is 15.9. The molecule has 0 aliphatic heterocycles. The van der Waals surface area contributed by atoms with Crippen molar-refractivity contribution in [3.05, 3.63) is 24.7 Å². The number of ketones is 1. The van der Waals surface area contributed by atoms with E-state index in [0.29, 0.717) is 6.42 Å². The van der Waals surface area contributed by atoms with Gasteiger partial charge in [0.15, 0.2) is 0 Å². The molecule has 4 nitrogen and oxygen atoms in total. The Balaban J connectivity index is 0. The lowest BCUT2D eigenvalue weighted by Gasteiger charge is -1.93. The van der Waals surface area contributed by atoms with E-state index in [9.17, 15) is 9.59 Å². The number of allylic oxidation sites excluding steroid dienone is 2. The van der Waals surface area contributed by atoms with Crippen molar-refractivity contribution >= 4 is 11.9 Å². The highest BCUT2D eigenvalue weighted by molar-refractivity contribution is 5.74. The molecule has 0 aromatic rings. The van der Waals surface area contributed by atoms with Gasteiger partial charge in [0.2, 0.25) is 0 Å². The van der Waals surface area contributed by atoms with Crippen molar-refractivity contribution in [3.8, 4) is 0 Å². The Labute approximate surface area is 90.6 Å². The van der Waals surface area contributed by atoms with Crippen LogP contribution in [0.3, 0.4) is 0 Å². The van der Waals surface area contributed by atoms with Gasteiger partial charge in [0.05, 0.1) is 12.5 Å². The van der Waals surface area contributed by atoms with E-state index in [4.69, 9.17) is 0 Å². The average molecular weight is 214 g/mol. The maximum Gasteiger partial charge on any atom is 0.518 e. The van der Waals surface area contributed by atoms with E-state index in [1.54, 1.807) is 32.9 Å². The monoisotopic (exact) mass is 214 g/mol. The predicted octanol–water partition coefficient (Wildman–Crippen LogP) is 3.19. The molecule has 0 radical (unpaired) electrons. The highest BCUT2D eigenvalue weighted by Crippen LogP contribution is 1.86. The summed E-state index contributed by atoms with van der Waals surface area (Å²) in [7, 11) is 0. The summed E-state index contributed by atoms with van der Waals surface area (Å²) in [5.74, 6) is 0.255. The Kier molecular flexibility index (Phi) is 13.1. The molecule has 0 atom stereocenters. The molecular weight excluding hydrogens is 196 g/mol. The zero-order chi connectivity index (χ0) is 12.1. The van der Waals surface area contributed by atoms with Gasteiger partial charge in [-0.15, -0.1) is 0 Å². The normalized spacial score (nSPS) is 9.60. The fraction of sp³-hybridized carbons (Fsp3) is 0.455. The minimum Gasteiger partial charge on any atom is -0.403 e.